The molecule has 0 aromatic heterocycles. The van der Waals surface area contributed by atoms with Crippen molar-refractivity contribution in [1.82, 2.24) is 4.90 Å². The van der Waals surface area contributed by atoms with Gasteiger partial charge in [0.2, 0.25) is 0 Å². The van der Waals surface area contributed by atoms with Crippen LogP contribution < -0.4 is 10.5 Å². The van der Waals surface area contributed by atoms with Crippen molar-refractivity contribution in [3.8, 4) is 5.75 Å². The van der Waals surface area contributed by atoms with E-state index in [4.69, 9.17) is 10.5 Å². The van der Waals surface area contributed by atoms with E-state index in [2.05, 4.69) is 24.9 Å². The summed E-state index contributed by atoms with van der Waals surface area (Å²) in [5.41, 5.74) is 7.25. The van der Waals surface area contributed by atoms with Gasteiger partial charge in [-0.1, -0.05) is 25.1 Å². The smallest absolute Gasteiger partial charge is 0.124 e. The van der Waals surface area contributed by atoms with E-state index >= 15 is 0 Å². The molecule has 1 aliphatic rings. The Labute approximate surface area is 116 Å². The maximum Gasteiger partial charge on any atom is 0.124 e. The van der Waals surface area contributed by atoms with E-state index < -0.39 is 0 Å². The highest BCUT2D eigenvalue weighted by molar-refractivity contribution is 5.35. The zero-order valence-corrected chi connectivity index (χ0v) is 12.1. The SMILES string of the molecule is CC[C@H](N)c1ccccc1OCCC1CCCN1C. The molecule has 0 aliphatic carbocycles. The number of hydrogen-bond donors (Lipinski definition) is 1. The first-order valence-electron chi connectivity index (χ1n) is 7.40. The molecular formula is C16H26N2O. The van der Waals surface area contributed by atoms with Crippen molar-refractivity contribution >= 4 is 0 Å². The number of nitrogens with two attached hydrogens (primary N) is 1. The van der Waals surface area contributed by atoms with Gasteiger partial charge in [0.15, 0.2) is 0 Å². The average Bonchev–Trinajstić information content (AvgIpc) is 2.84. The molecule has 1 aromatic carbocycles. The molecule has 1 unspecified atom stereocenters. The maximum absolute atomic E-state index is 6.12. The lowest BCUT2D eigenvalue weighted by Crippen LogP contribution is -2.26. The predicted molar refractivity (Wildman–Crippen MR) is 79.4 cm³/mol. The number of rotatable bonds is 6. The van der Waals surface area contributed by atoms with Crippen molar-refractivity contribution < 1.29 is 4.74 Å². The molecule has 2 rings (SSSR count). The molecule has 0 bridgehead atoms. The minimum absolute atomic E-state index is 0.0744. The summed E-state index contributed by atoms with van der Waals surface area (Å²) < 4.78 is 5.96. The first-order chi connectivity index (χ1) is 9.22. The van der Waals surface area contributed by atoms with Crippen LogP contribution in [0.4, 0.5) is 0 Å². The molecule has 106 valence electrons. The van der Waals surface area contributed by atoms with Crippen molar-refractivity contribution in [3.63, 3.8) is 0 Å². The molecule has 0 radical (unpaired) electrons. The Hall–Kier alpha value is -1.06. The molecule has 0 amide bonds. The summed E-state index contributed by atoms with van der Waals surface area (Å²) in [6, 6.07) is 8.91. The van der Waals surface area contributed by atoms with Crippen LogP contribution in [0.1, 0.15) is 44.2 Å². The van der Waals surface area contributed by atoms with Gasteiger partial charge in [-0.25, -0.2) is 0 Å². The summed E-state index contributed by atoms with van der Waals surface area (Å²) in [6.45, 7) is 4.11. The number of hydrogen-bond acceptors (Lipinski definition) is 3. The Bertz CT molecular complexity index is 394. The van der Waals surface area contributed by atoms with E-state index in [0.29, 0.717) is 6.04 Å². The summed E-state index contributed by atoms with van der Waals surface area (Å²) in [5.74, 6) is 0.956. The largest absolute Gasteiger partial charge is 0.493 e. The molecule has 19 heavy (non-hydrogen) atoms. The molecule has 0 saturated carbocycles. The third-order valence-corrected chi connectivity index (χ3v) is 4.14. The number of ether oxygens (including phenoxy) is 1. The van der Waals surface area contributed by atoms with Crippen molar-refractivity contribution in [2.24, 2.45) is 5.73 Å². The summed E-state index contributed by atoms with van der Waals surface area (Å²) in [4.78, 5) is 2.44. The third kappa shape index (κ3) is 3.71. The lowest BCUT2D eigenvalue weighted by molar-refractivity contribution is 0.231. The van der Waals surface area contributed by atoms with E-state index in [1.165, 1.54) is 19.4 Å². The summed E-state index contributed by atoms with van der Waals surface area (Å²) >= 11 is 0. The Morgan fingerprint density at radius 2 is 2.21 bits per heavy atom. The standard InChI is InChI=1S/C16H26N2O/c1-3-15(17)14-8-4-5-9-16(14)19-12-10-13-7-6-11-18(13)2/h4-5,8-9,13,15H,3,6-7,10-12,17H2,1-2H3/t13?,15-/m0/s1. The molecule has 3 nitrogen and oxygen atoms in total. The Kier molecular flexibility index (Phi) is 5.23. The average molecular weight is 262 g/mol. The van der Waals surface area contributed by atoms with Crippen LogP contribution in [0.15, 0.2) is 24.3 Å². The zero-order chi connectivity index (χ0) is 13.7. The lowest BCUT2D eigenvalue weighted by Gasteiger charge is -2.20. The molecule has 1 aromatic rings. The molecule has 3 heteroatoms. The second-order valence-electron chi connectivity index (χ2n) is 5.47. The molecule has 0 spiro atoms. The van der Waals surface area contributed by atoms with Crippen molar-refractivity contribution in [2.75, 3.05) is 20.2 Å². The van der Waals surface area contributed by atoms with Gasteiger partial charge in [-0.05, 0) is 45.3 Å². The van der Waals surface area contributed by atoms with E-state index in [9.17, 15) is 0 Å². The topological polar surface area (TPSA) is 38.5 Å². The minimum atomic E-state index is 0.0744. The fourth-order valence-corrected chi connectivity index (χ4v) is 2.79. The van der Waals surface area contributed by atoms with E-state index in [1.54, 1.807) is 0 Å². The van der Waals surface area contributed by atoms with Crippen LogP contribution in [-0.2, 0) is 0 Å². The molecule has 2 atom stereocenters. The van der Waals surface area contributed by atoms with Crippen molar-refractivity contribution in [1.29, 1.82) is 0 Å². The van der Waals surface area contributed by atoms with E-state index in [1.807, 2.05) is 18.2 Å². The van der Waals surface area contributed by atoms with Crippen LogP contribution in [0.25, 0.3) is 0 Å². The van der Waals surface area contributed by atoms with Crippen LogP contribution in [-0.4, -0.2) is 31.1 Å². The van der Waals surface area contributed by atoms with Gasteiger partial charge in [-0.3, -0.25) is 0 Å². The summed E-state index contributed by atoms with van der Waals surface area (Å²) in [7, 11) is 2.21. The van der Waals surface area contributed by atoms with E-state index in [-0.39, 0.29) is 6.04 Å². The van der Waals surface area contributed by atoms with Crippen molar-refractivity contribution in [3.05, 3.63) is 29.8 Å². The van der Waals surface area contributed by atoms with Crippen LogP contribution in [0.2, 0.25) is 0 Å². The monoisotopic (exact) mass is 262 g/mol. The number of likely N-dealkylation sites (tertiary alicyclic amines) is 1. The fourth-order valence-electron chi connectivity index (χ4n) is 2.79. The first-order valence-corrected chi connectivity index (χ1v) is 7.40. The number of para-hydroxylation sites is 1. The van der Waals surface area contributed by atoms with Gasteiger partial charge in [0.05, 0.1) is 6.61 Å². The summed E-state index contributed by atoms with van der Waals surface area (Å²) in [5, 5.41) is 0. The lowest BCUT2D eigenvalue weighted by atomic mass is 10.0. The summed E-state index contributed by atoms with van der Waals surface area (Å²) in [6.07, 6.45) is 4.66. The Morgan fingerprint density at radius 3 is 2.89 bits per heavy atom. The second kappa shape index (κ2) is 6.92. The van der Waals surface area contributed by atoms with Gasteiger partial charge < -0.3 is 15.4 Å². The highest BCUT2D eigenvalue weighted by Gasteiger charge is 2.20. The second-order valence-corrected chi connectivity index (χ2v) is 5.47. The van der Waals surface area contributed by atoms with Gasteiger partial charge >= 0.3 is 0 Å². The first kappa shape index (κ1) is 14.4. The maximum atomic E-state index is 6.12. The third-order valence-electron chi connectivity index (χ3n) is 4.14. The van der Waals surface area contributed by atoms with Gasteiger partial charge in [0.1, 0.15) is 5.75 Å². The normalized spacial score (nSPS) is 21.5. The van der Waals surface area contributed by atoms with Crippen molar-refractivity contribution in [2.45, 2.75) is 44.7 Å². The molecule has 2 N–H and O–H groups in total. The molecule has 1 heterocycles. The number of nitrogens with zero attached hydrogens (tertiary/aromatic N) is 1. The van der Waals surface area contributed by atoms with Gasteiger partial charge in [-0.15, -0.1) is 0 Å². The molecule has 1 saturated heterocycles. The quantitative estimate of drug-likeness (QED) is 0.856. The number of benzene rings is 1. The Balaban J connectivity index is 1.88. The molecule has 1 fully saturated rings. The Morgan fingerprint density at radius 1 is 1.42 bits per heavy atom. The zero-order valence-electron chi connectivity index (χ0n) is 12.1. The van der Waals surface area contributed by atoms with Gasteiger partial charge in [-0.2, -0.15) is 0 Å². The van der Waals surface area contributed by atoms with E-state index in [0.717, 1.165) is 30.8 Å². The van der Waals surface area contributed by atoms with Crippen LogP contribution in [0, 0.1) is 0 Å². The van der Waals surface area contributed by atoms with Gasteiger partial charge in [0, 0.05) is 17.6 Å². The molecular weight excluding hydrogens is 236 g/mol. The van der Waals surface area contributed by atoms with Crippen LogP contribution >= 0.6 is 0 Å². The van der Waals surface area contributed by atoms with Crippen LogP contribution in [0.5, 0.6) is 5.75 Å². The predicted octanol–water partition coefficient (Wildman–Crippen LogP) is 2.96. The fraction of sp³-hybridized carbons (Fsp3) is 0.625. The minimum Gasteiger partial charge on any atom is -0.493 e. The molecule has 1 aliphatic heterocycles. The highest BCUT2D eigenvalue weighted by atomic mass is 16.5. The van der Waals surface area contributed by atoms with Crippen LogP contribution in [0.3, 0.4) is 0 Å². The highest BCUT2D eigenvalue weighted by Crippen LogP contribution is 2.26. The van der Waals surface area contributed by atoms with Gasteiger partial charge in [0.25, 0.3) is 0 Å².